The highest BCUT2D eigenvalue weighted by Gasteiger charge is 2.21. The molecule has 0 saturated heterocycles. The summed E-state index contributed by atoms with van der Waals surface area (Å²) in [5, 5.41) is 19.8. The number of nitrogens with zero attached hydrogens (tertiary/aromatic N) is 1. The Hall–Kier alpha value is -2.70. The van der Waals surface area contributed by atoms with Gasteiger partial charge in [-0.05, 0) is 42.7 Å². The molecule has 7 heteroatoms. The topological polar surface area (TPSA) is 79.5 Å². The fraction of sp³-hybridized carbons (Fsp3) is 0.273. The molecule has 2 aromatic carbocycles. The van der Waals surface area contributed by atoms with Crippen molar-refractivity contribution in [3.05, 3.63) is 80.3 Å². The van der Waals surface area contributed by atoms with E-state index in [1.54, 1.807) is 41.8 Å². The van der Waals surface area contributed by atoms with Gasteiger partial charge in [0.05, 0.1) is 22.7 Å². The van der Waals surface area contributed by atoms with Crippen molar-refractivity contribution in [3.8, 4) is 0 Å². The molecule has 0 aliphatic heterocycles. The Kier molecular flexibility index (Phi) is 6.05. The van der Waals surface area contributed by atoms with E-state index >= 15 is 0 Å². The number of aliphatic hydroxyl groups is 1. The molecule has 152 valence electrons. The third kappa shape index (κ3) is 4.04. The normalized spacial score (nSPS) is 13.4. The van der Waals surface area contributed by atoms with Crippen LogP contribution in [0.15, 0.2) is 47.4 Å². The zero-order chi connectivity index (χ0) is 21.3. The first kappa shape index (κ1) is 21.0. The average Bonchev–Trinajstić information content (AvgIpc) is 2.67. The van der Waals surface area contributed by atoms with Gasteiger partial charge in [0.1, 0.15) is 11.4 Å². The summed E-state index contributed by atoms with van der Waals surface area (Å²) in [5.74, 6) is -1.86. The summed E-state index contributed by atoms with van der Waals surface area (Å²) in [6.45, 7) is 3.49. The van der Waals surface area contributed by atoms with Gasteiger partial charge in [0.2, 0.25) is 5.43 Å². The van der Waals surface area contributed by atoms with Crippen LogP contribution in [0.2, 0.25) is 5.02 Å². The molecule has 2 N–H and O–H groups in total. The number of halogens is 2. The van der Waals surface area contributed by atoms with Crippen molar-refractivity contribution in [3.63, 3.8) is 0 Å². The number of aromatic nitrogens is 1. The minimum Gasteiger partial charge on any atom is -0.477 e. The maximum atomic E-state index is 14.3. The van der Waals surface area contributed by atoms with Gasteiger partial charge in [0.15, 0.2) is 0 Å². The molecule has 0 spiro atoms. The Morgan fingerprint density at radius 2 is 2.00 bits per heavy atom. The second-order valence-electron chi connectivity index (χ2n) is 7.04. The summed E-state index contributed by atoms with van der Waals surface area (Å²) in [7, 11) is 0. The van der Waals surface area contributed by atoms with Gasteiger partial charge in [-0.2, -0.15) is 0 Å². The number of benzene rings is 2. The second-order valence-corrected chi connectivity index (χ2v) is 7.45. The van der Waals surface area contributed by atoms with E-state index in [0.717, 1.165) is 0 Å². The summed E-state index contributed by atoms with van der Waals surface area (Å²) in [4.78, 5) is 24.4. The maximum Gasteiger partial charge on any atom is 0.341 e. The quantitative estimate of drug-likeness (QED) is 0.622. The number of fused-ring (bicyclic) bond motifs is 1. The number of carboxylic acids is 1. The minimum atomic E-state index is -1.34. The highest BCUT2D eigenvalue weighted by atomic mass is 35.5. The SMILES string of the molecule is CCC(C(C)O)n1cc(C(=O)O)c(=O)c2cc(Cc3cccc(Cl)c3F)ccc21. The molecule has 29 heavy (non-hydrogen) atoms. The molecular weight excluding hydrogens is 397 g/mol. The molecule has 0 bridgehead atoms. The van der Waals surface area contributed by atoms with Gasteiger partial charge < -0.3 is 14.8 Å². The molecule has 0 radical (unpaired) electrons. The van der Waals surface area contributed by atoms with Crippen LogP contribution in [-0.2, 0) is 6.42 Å². The van der Waals surface area contributed by atoms with E-state index in [-0.39, 0.29) is 22.4 Å². The van der Waals surface area contributed by atoms with Gasteiger partial charge in [0, 0.05) is 18.0 Å². The molecule has 3 rings (SSSR count). The van der Waals surface area contributed by atoms with E-state index in [1.165, 1.54) is 12.3 Å². The third-order valence-corrected chi connectivity index (χ3v) is 5.38. The summed E-state index contributed by atoms with van der Waals surface area (Å²) >= 11 is 5.84. The van der Waals surface area contributed by atoms with Gasteiger partial charge in [-0.3, -0.25) is 4.79 Å². The van der Waals surface area contributed by atoms with Crippen LogP contribution in [0.5, 0.6) is 0 Å². The Labute approximate surface area is 172 Å². The van der Waals surface area contributed by atoms with Crippen LogP contribution in [0.3, 0.4) is 0 Å². The van der Waals surface area contributed by atoms with Gasteiger partial charge in [-0.1, -0.05) is 36.7 Å². The molecule has 5 nitrogen and oxygen atoms in total. The first-order chi connectivity index (χ1) is 13.7. The standard InChI is InChI=1S/C22H21ClFNO4/c1-3-18(12(2)26)25-11-16(22(28)29)21(27)15-10-13(7-8-19(15)25)9-14-5-4-6-17(23)20(14)24/h4-8,10-12,18,26H,3,9H2,1-2H3,(H,28,29). The van der Waals surface area contributed by atoms with Crippen molar-refractivity contribution >= 4 is 28.5 Å². The highest BCUT2D eigenvalue weighted by molar-refractivity contribution is 6.30. The van der Waals surface area contributed by atoms with E-state index < -0.39 is 29.4 Å². The van der Waals surface area contributed by atoms with Crippen molar-refractivity contribution in [1.82, 2.24) is 4.57 Å². The predicted molar refractivity (Wildman–Crippen MR) is 110 cm³/mol. The Morgan fingerprint density at radius 3 is 2.62 bits per heavy atom. The molecule has 1 aromatic heterocycles. The molecule has 0 fully saturated rings. The summed E-state index contributed by atoms with van der Waals surface area (Å²) in [5.41, 5.74) is 0.556. The Balaban J connectivity index is 2.21. The van der Waals surface area contributed by atoms with Gasteiger partial charge in [0.25, 0.3) is 0 Å². The average molecular weight is 418 g/mol. The fourth-order valence-electron chi connectivity index (χ4n) is 3.61. The first-order valence-corrected chi connectivity index (χ1v) is 9.64. The molecule has 2 unspecified atom stereocenters. The number of pyridine rings is 1. The lowest BCUT2D eigenvalue weighted by molar-refractivity contribution is 0.0693. The lowest BCUT2D eigenvalue weighted by Gasteiger charge is -2.24. The number of hydrogen-bond acceptors (Lipinski definition) is 3. The summed E-state index contributed by atoms with van der Waals surface area (Å²) in [6, 6.07) is 9.35. The van der Waals surface area contributed by atoms with Crippen molar-refractivity contribution in [2.75, 3.05) is 0 Å². The number of aromatic carboxylic acids is 1. The van der Waals surface area contributed by atoms with E-state index in [4.69, 9.17) is 11.6 Å². The van der Waals surface area contributed by atoms with Crippen molar-refractivity contribution < 1.29 is 19.4 Å². The van der Waals surface area contributed by atoms with Gasteiger partial charge in [-0.25, -0.2) is 9.18 Å². The van der Waals surface area contributed by atoms with Crippen molar-refractivity contribution in [2.45, 2.75) is 38.8 Å². The Morgan fingerprint density at radius 1 is 1.28 bits per heavy atom. The minimum absolute atomic E-state index is 0.0153. The first-order valence-electron chi connectivity index (χ1n) is 9.26. The van der Waals surface area contributed by atoms with E-state index in [0.29, 0.717) is 23.1 Å². The summed E-state index contributed by atoms with van der Waals surface area (Å²) < 4.78 is 15.9. The molecule has 0 saturated carbocycles. The van der Waals surface area contributed by atoms with Gasteiger partial charge in [-0.15, -0.1) is 0 Å². The number of hydrogen-bond donors (Lipinski definition) is 2. The molecule has 2 atom stereocenters. The summed E-state index contributed by atoms with van der Waals surface area (Å²) in [6.07, 6.45) is 1.29. The highest BCUT2D eigenvalue weighted by Crippen LogP contribution is 2.25. The van der Waals surface area contributed by atoms with Gasteiger partial charge >= 0.3 is 5.97 Å². The van der Waals surface area contributed by atoms with E-state index in [2.05, 4.69) is 0 Å². The lowest BCUT2D eigenvalue weighted by atomic mass is 10.0. The molecule has 0 aliphatic rings. The largest absolute Gasteiger partial charge is 0.477 e. The zero-order valence-electron chi connectivity index (χ0n) is 16.0. The number of carbonyl (C=O) groups is 1. The number of aliphatic hydroxyl groups excluding tert-OH is 1. The van der Waals surface area contributed by atoms with E-state index in [1.807, 2.05) is 6.92 Å². The van der Waals surface area contributed by atoms with Crippen molar-refractivity contribution in [2.24, 2.45) is 0 Å². The maximum absolute atomic E-state index is 14.3. The molecular formula is C22H21ClFNO4. The predicted octanol–water partition coefficient (Wildman–Crippen LogP) is 4.41. The van der Waals surface area contributed by atoms with Crippen LogP contribution in [0.25, 0.3) is 10.9 Å². The molecule has 1 heterocycles. The zero-order valence-corrected chi connectivity index (χ0v) is 16.8. The van der Waals surface area contributed by atoms with Crippen LogP contribution in [0, 0.1) is 5.82 Å². The molecule has 0 amide bonds. The Bertz CT molecular complexity index is 1140. The lowest BCUT2D eigenvalue weighted by Crippen LogP contribution is -2.26. The van der Waals surface area contributed by atoms with Crippen LogP contribution in [0.1, 0.15) is 47.8 Å². The molecule has 3 aromatic rings. The number of carboxylic acid groups (broad SMARTS) is 1. The fourth-order valence-corrected chi connectivity index (χ4v) is 3.81. The number of rotatable bonds is 6. The van der Waals surface area contributed by atoms with Crippen LogP contribution < -0.4 is 5.43 Å². The van der Waals surface area contributed by atoms with E-state index in [9.17, 15) is 24.2 Å². The third-order valence-electron chi connectivity index (χ3n) is 5.09. The van der Waals surface area contributed by atoms with Crippen LogP contribution in [-0.4, -0.2) is 26.9 Å². The monoisotopic (exact) mass is 417 g/mol. The smallest absolute Gasteiger partial charge is 0.341 e. The van der Waals surface area contributed by atoms with Crippen molar-refractivity contribution in [1.29, 1.82) is 0 Å². The second kappa shape index (κ2) is 8.35. The van der Waals surface area contributed by atoms with Crippen LogP contribution >= 0.6 is 11.6 Å². The van der Waals surface area contributed by atoms with Crippen LogP contribution in [0.4, 0.5) is 4.39 Å². The molecule has 0 aliphatic carbocycles.